The van der Waals surface area contributed by atoms with Crippen molar-refractivity contribution in [3.63, 3.8) is 0 Å². The first-order chi connectivity index (χ1) is 11.2. The van der Waals surface area contributed by atoms with Crippen LogP contribution in [0.2, 0.25) is 0 Å². The highest BCUT2D eigenvalue weighted by molar-refractivity contribution is 7.13. The Balaban J connectivity index is 1.57. The number of pyridine rings is 1. The van der Waals surface area contributed by atoms with E-state index in [2.05, 4.69) is 10.3 Å². The third-order valence-corrected chi connectivity index (χ3v) is 4.36. The summed E-state index contributed by atoms with van der Waals surface area (Å²) in [5.74, 6) is -0.501. The number of rotatable bonds is 5. The Labute approximate surface area is 137 Å². The van der Waals surface area contributed by atoms with Gasteiger partial charge in [0.25, 0.3) is 5.91 Å². The molecule has 0 spiro atoms. The molecule has 0 unspecified atom stereocenters. The van der Waals surface area contributed by atoms with Crippen LogP contribution in [0.3, 0.4) is 0 Å². The largest absolute Gasteiger partial charge is 0.350 e. The predicted molar refractivity (Wildman–Crippen MR) is 90.0 cm³/mol. The monoisotopic (exact) mass is 326 g/mol. The quantitative estimate of drug-likeness (QED) is 0.772. The smallest absolute Gasteiger partial charge is 0.269 e. The van der Waals surface area contributed by atoms with Crippen molar-refractivity contribution >= 4 is 17.2 Å². The molecule has 3 nitrogen and oxygen atoms in total. The molecule has 0 saturated heterocycles. The zero-order valence-electron chi connectivity index (χ0n) is 12.3. The number of carbonyl (C=O) groups excluding carboxylic acids is 1. The highest BCUT2D eigenvalue weighted by Gasteiger charge is 2.08. The number of benzene rings is 1. The molecule has 1 amide bonds. The number of nitrogens with zero attached hydrogens (tertiary/aromatic N) is 1. The molecule has 0 aliphatic carbocycles. The maximum absolute atomic E-state index is 13.5. The molecular weight excluding hydrogens is 311 g/mol. The van der Waals surface area contributed by atoms with Gasteiger partial charge in [-0.1, -0.05) is 24.3 Å². The van der Waals surface area contributed by atoms with Gasteiger partial charge in [-0.05, 0) is 41.6 Å². The lowest BCUT2D eigenvalue weighted by atomic mass is 10.1. The van der Waals surface area contributed by atoms with Gasteiger partial charge in [0.05, 0.1) is 0 Å². The molecule has 2 heterocycles. The molecule has 1 N–H and O–H groups in total. The molecule has 116 valence electrons. The Kier molecular flexibility index (Phi) is 4.78. The molecule has 1 aromatic carbocycles. The zero-order valence-corrected chi connectivity index (χ0v) is 13.1. The van der Waals surface area contributed by atoms with Gasteiger partial charge in [0.15, 0.2) is 0 Å². The van der Waals surface area contributed by atoms with Crippen molar-refractivity contribution in [2.75, 3.05) is 6.54 Å². The fourth-order valence-corrected chi connectivity index (χ4v) is 2.94. The van der Waals surface area contributed by atoms with Crippen LogP contribution in [0.25, 0.3) is 10.4 Å². The Hall–Kier alpha value is -2.53. The Morgan fingerprint density at radius 1 is 1.13 bits per heavy atom. The van der Waals surface area contributed by atoms with Gasteiger partial charge in [0.1, 0.15) is 11.5 Å². The summed E-state index contributed by atoms with van der Waals surface area (Å²) in [6, 6.07) is 14.1. The van der Waals surface area contributed by atoms with E-state index in [1.54, 1.807) is 41.8 Å². The van der Waals surface area contributed by atoms with Crippen LogP contribution in [0, 0.1) is 5.82 Å². The van der Waals surface area contributed by atoms with Crippen molar-refractivity contribution in [2.45, 2.75) is 6.42 Å². The molecule has 0 aliphatic heterocycles. The van der Waals surface area contributed by atoms with Crippen molar-refractivity contribution < 1.29 is 9.18 Å². The van der Waals surface area contributed by atoms with E-state index in [4.69, 9.17) is 0 Å². The van der Waals surface area contributed by atoms with Gasteiger partial charge >= 0.3 is 0 Å². The van der Waals surface area contributed by atoms with Crippen LogP contribution in [0.5, 0.6) is 0 Å². The summed E-state index contributed by atoms with van der Waals surface area (Å²) >= 11 is 1.63. The third-order valence-electron chi connectivity index (χ3n) is 3.44. The van der Waals surface area contributed by atoms with Crippen molar-refractivity contribution in [1.82, 2.24) is 10.3 Å². The summed E-state index contributed by atoms with van der Waals surface area (Å²) in [5, 5.41) is 4.76. The van der Waals surface area contributed by atoms with E-state index >= 15 is 0 Å². The Morgan fingerprint density at radius 2 is 2.00 bits per heavy atom. The second-order valence-corrected chi connectivity index (χ2v) is 5.95. The first-order valence-electron chi connectivity index (χ1n) is 7.25. The molecule has 3 rings (SSSR count). The molecule has 0 radical (unpaired) electrons. The first kappa shape index (κ1) is 15.4. The zero-order chi connectivity index (χ0) is 16.1. The number of hydrogen-bond acceptors (Lipinski definition) is 3. The number of aromatic nitrogens is 1. The minimum absolute atomic E-state index is 0.250. The topological polar surface area (TPSA) is 42.0 Å². The van der Waals surface area contributed by atoms with E-state index < -0.39 is 0 Å². The lowest BCUT2D eigenvalue weighted by Gasteiger charge is -2.06. The van der Waals surface area contributed by atoms with Gasteiger partial charge in [0.2, 0.25) is 0 Å². The van der Waals surface area contributed by atoms with Crippen LogP contribution >= 0.6 is 11.3 Å². The molecular formula is C18H15FN2OS. The van der Waals surface area contributed by atoms with E-state index in [9.17, 15) is 9.18 Å². The van der Waals surface area contributed by atoms with Crippen LogP contribution in [0.1, 0.15) is 16.1 Å². The minimum Gasteiger partial charge on any atom is -0.350 e. The summed E-state index contributed by atoms with van der Waals surface area (Å²) in [4.78, 5) is 17.4. The normalized spacial score (nSPS) is 10.5. The molecule has 23 heavy (non-hydrogen) atoms. The van der Waals surface area contributed by atoms with E-state index in [0.717, 1.165) is 10.4 Å². The molecule has 0 fully saturated rings. The van der Waals surface area contributed by atoms with Gasteiger partial charge in [-0.25, -0.2) is 4.39 Å². The van der Waals surface area contributed by atoms with Gasteiger partial charge in [-0.2, -0.15) is 0 Å². The minimum atomic E-state index is -0.251. The second-order valence-electron chi connectivity index (χ2n) is 5.01. The van der Waals surface area contributed by atoms with Crippen LogP contribution in [-0.2, 0) is 6.42 Å². The average Bonchev–Trinajstić information content (AvgIpc) is 3.11. The van der Waals surface area contributed by atoms with Crippen LogP contribution in [0.4, 0.5) is 4.39 Å². The van der Waals surface area contributed by atoms with Crippen LogP contribution in [0.15, 0.2) is 60.1 Å². The number of nitrogens with one attached hydrogen (secondary N) is 1. The number of carbonyl (C=O) groups is 1. The highest BCUT2D eigenvalue weighted by atomic mass is 32.1. The van der Waals surface area contributed by atoms with E-state index in [0.29, 0.717) is 24.2 Å². The third kappa shape index (κ3) is 3.81. The van der Waals surface area contributed by atoms with Crippen molar-refractivity contribution in [1.29, 1.82) is 0 Å². The second kappa shape index (κ2) is 7.15. The van der Waals surface area contributed by atoms with Crippen LogP contribution in [-0.4, -0.2) is 17.4 Å². The van der Waals surface area contributed by atoms with E-state index in [-0.39, 0.29) is 11.7 Å². The van der Waals surface area contributed by atoms with E-state index in [1.165, 1.54) is 6.07 Å². The van der Waals surface area contributed by atoms with Gasteiger partial charge < -0.3 is 5.32 Å². The maximum Gasteiger partial charge on any atom is 0.269 e. The predicted octanol–water partition coefficient (Wildman–Crippen LogP) is 3.92. The standard InChI is InChI=1S/C18H15FN2OS/c19-15-5-2-1-4-13(15)9-10-20-18(22)16-8-7-14(12-21-16)17-6-3-11-23-17/h1-8,11-12H,9-10H2,(H,20,22). The summed E-state index contributed by atoms with van der Waals surface area (Å²) < 4.78 is 13.5. The molecule has 3 aromatic rings. The number of thiophene rings is 1. The number of amides is 1. The van der Waals surface area contributed by atoms with E-state index in [1.807, 2.05) is 23.6 Å². The van der Waals surface area contributed by atoms with Gasteiger partial charge in [-0.3, -0.25) is 9.78 Å². The Morgan fingerprint density at radius 3 is 2.70 bits per heavy atom. The summed E-state index contributed by atoms with van der Waals surface area (Å²) in [6.45, 7) is 0.369. The highest BCUT2D eigenvalue weighted by Crippen LogP contribution is 2.23. The summed E-state index contributed by atoms with van der Waals surface area (Å²) in [7, 11) is 0. The average molecular weight is 326 g/mol. The summed E-state index contributed by atoms with van der Waals surface area (Å²) in [5.41, 5.74) is 1.94. The lowest BCUT2D eigenvalue weighted by molar-refractivity contribution is 0.0949. The SMILES string of the molecule is O=C(NCCc1ccccc1F)c1ccc(-c2cccs2)cn1. The Bertz CT molecular complexity index is 785. The van der Waals surface area contributed by atoms with Crippen LogP contribution < -0.4 is 5.32 Å². The fraction of sp³-hybridized carbons (Fsp3) is 0.111. The maximum atomic E-state index is 13.5. The molecule has 0 atom stereocenters. The van der Waals surface area contributed by atoms with Gasteiger partial charge in [-0.15, -0.1) is 11.3 Å². The fourth-order valence-electron chi connectivity index (χ4n) is 2.22. The number of hydrogen-bond donors (Lipinski definition) is 1. The first-order valence-corrected chi connectivity index (χ1v) is 8.13. The molecule has 2 aromatic heterocycles. The summed E-state index contributed by atoms with van der Waals surface area (Å²) in [6.07, 6.45) is 2.14. The number of halogens is 1. The van der Waals surface area contributed by atoms with Crippen molar-refractivity contribution in [2.24, 2.45) is 0 Å². The van der Waals surface area contributed by atoms with Gasteiger partial charge in [0, 0.05) is 23.2 Å². The molecule has 0 saturated carbocycles. The van der Waals surface area contributed by atoms with Crippen molar-refractivity contribution in [3.05, 3.63) is 77.2 Å². The molecule has 5 heteroatoms. The van der Waals surface area contributed by atoms with Crippen molar-refractivity contribution in [3.8, 4) is 10.4 Å². The molecule has 0 bridgehead atoms. The molecule has 0 aliphatic rings. The lowest BCUT2D eigenvalue weighted by Crippen LogP contribution is -2.26.